The number of aromatic nitrogens is 1. The van der Waals surface area contributed by atoms with E-state index in [0.717, 1.165) is 15.1 Å². The van der Waals surface area contributed by atoms with Gasteiger partial charge in [0.05, 0.1) is 4.90 Å². The predicted octanol–water partition coefficient (Wildman–Crippen LogP) is 3.18. The molecule has 0 radical (unpaired) electrons. The molecule has 1 aromatic heterocycles. The zero-order valence-corrected chi connectivity index (χ0v) is 13.0. The molecule has 0 aliphatic rings. The Morgan fingerprint density at radius 1 is 1.10 bits per heavy atom. The number of ketones is 1. The molecule has 0 saturated carbocycles. The number of aryl methyl sites for hydroxylation is 1. The highest BCUT2D eigenvalue weighted by Gasteiger charge is 2.21. The van der Waals surface area contributed by atoms with Gasteiger partial charge in [-0.05, 0) is 51.1 Å². The highest BCUT2D eigenvalue weighted by molar-refractivity contribution is 7.90. The molecule has 0 bridgehead atoms. The third-order valence-corrected chi connectivity index (χ3v) is 4.67. The first-order valence-corrected chi connectivity index (χ1v) is 7.95. The molecule has 1 heterocycles. The summed E-state index contributed by atoms with van der Waals surface area (Å²) in [5, 5.41) is 0. The Kier molecular flexibility index (Phi) is 4.14. The van der Waals surface area contributed by atoms with Crippen molar-refractivity contribution in [3.63, 3.8) is 0 Å². The van der Waals surface area contributed by atoms with Crippen molar-refractivity contribution in [2.24, 2.45) is 0 Å². The van der Waals surface area contributed by atoms with Crippen LogP contribution < -0.4 is 0 Å². The Morgan fingerprint density at radius 3 is 2.29 bits per heavy atom. The van der Waals surface area contributed by atoms with E-state index in [4.69, 9.17) is 0 Å². The number of nitrogens with zero attached hydrogens (tertiary/aromatic N) is 1. The van der Waals surface area contributed by atoms with Gasteiger partial charge in [-0.1, -0.05) is 23.3 Å². The van der Waals surface area contributed by atoms with Crippen LogP contribution in [0.5, 0.6) is 0 Å². The summed E-state index contributed by atoms with van der Waals surface area (Å²) < 4.78 is 26.2. The van der Waals surface area contributed by atoms with Crippen molar-refractivity contribution >= 4 is 15.8 Å². The van der Waals surface area contributed by atoms with E-state index in [1.165, 1.54) is 18.3 Å². The number of rotatable bonds is 4. The summed E-state index contributed by atoms with van der Waals surface area (Å²) in [5.74, 6) is -0.323. The fraction of sp³-hybridized carbons (Fsp3) is 0.188. The van der Waals surface area contributed by atoms with E-state index < -0.39 is 10.0 Å². The molecule has 0 aliphatic heterocycles. The standard InChI is InChI=1S/C16H17NO3S/c1-12(2)11-16(18)15-5-4-10-17(15)21(19,20)14-8-6-13(3)7-9-14/h4-11H,1-3H3. The Morgan fingerprint density at radius 2 is 1.71 bits per heavy atom. The molecular formula is C16H17NO3S. The fourth-order valence-corrected chi connectivity index (χ4v) is 3.27. The lowest BCUT2D eigenvalue weighted by atomic mass is 10.2. The highest BCUT2D eigenvalue weighted by atomic mass is 32.2. The minimum atomic E-state index is -3.76. The summed E-state index contributed by atoms with van der Waals surface area (Å²) in [4.78, 5) is 12.3. The maximum absolute atomic E-state index is 12.6. The third-order valence-electron chi connectivity index (χ3n) is 2.96. The van der Waals surface area contributed by atoms with Crippen molar-refractivity contribution in [3.05, 3.63) is 65.5 Å². The molecule has 0 aliphatic carbocycles. The van der Waals surface area contributed by atoms with Crippen LogP contribution in [0.2, 0.25) is 0 Å². The average molecular weight is 303 g/mol. The largest absolute Gasteiger partial charge is 0.288 e. The summed E-state index contributed by atoms with van der Waals surface area (Å²) in [6.45, 7) is 5.47. The van der Waals surface area contributed by atoms with E-state index in [1.807, 2.05) is 6.92 Å². The van der Waals surface area contributed by atoms with Gasteiger partial charge < -0.3 is 0 Å². The van der Waals surface area contributed by atoms with Gasteiger partial charge in [0.1, 0.15) is 5.69 Å². The van der Waals surface area contributed by atoms with Crippen LogP contribution in [0, 0.1) is 6.92 Å². The molecular weight excluding hydrogens is 286 g/mol. The zero-order valence-electron chi connectivity index (χ0n) is 12.2. The van der Waals surface area contributed by atoms with Gasteiger partial charge in [0.25, 0.3) is 10.0 Å². The minimum Gasteiger partial charge on any atom is -0.288 e. The number of allylic oxidation sites excluding steroid dienone is 2. The van der Waals surface area contributed by atoms with Crippen LogP contribution in [0.3, 0.4) is 0 Å². The molecule has 0 unspecified atom stereocenters. The first-order valence-electron chi connectivity index (χ1n) is 6.51. The topological polar surface area (TPSA) is 56.1 Å². The van der Waals surface area contributed by atoms with Gasteiger partial charge >= 0.3 is 0 Å². The molecule has 0 fully saturated rings. The molecule has 5 heteroatoms. The molecule has 4 nitrogen and oxygen atoms in total. The Labute approximate surface area is 124 Å². The lowest BCUT2D eigenvalue weighted by molar-refractivity contribution is 0.104. The molecule has 2 rings (SSSR count). The molecule has 0 amide bonds. The normalized spacial score (nSPS) is 11.2. The molecule has 2 aromatic rings. The van der Waals surface area contributed by atoms with Crippen molar-refractivity contribution in [1.29, 1.82) is 0 Å². The zero-order chi connectivity index (χ0) is 15.6. The number of carbonyl (C=O) groups is 1. The highest BCUT2D eigenvalue weighted by Crippen LogP contribution is 2.18. The molecule has 0 saturated heterocycles. The van der Waals surface area contributed by atoms with Crippen LogP contribution in [0.25, 0.3) is 0 Å². The third kappa shape index (κ3) is 3.13. The van der Waals surface area contributed by atoms with E-state index >= 15 is 0 Å². The van der Waals surface area contributed by atoms with E-state index in [9.17, 15) is 13.2 Å². The second-order valence-electron chi connectivity index (χ2n) is 5.09. The molecule has 21 heavy (non-hydrogen) atoms. The van der Waals surface area contributed by atoms with Crippen molar-refractivity contribution in [2.45, 2.75) is 25.7 Å². The number of hydrogen-bond acceptors (Lipinski definition) is 3. The van der Waals surface area contributed by atoms with E-state index in [-0.39, 0.29) is 16.4 Å². The maximum Gasteiger partial charge on any atom is 0.268 e. The summed E-state index contributed by atoms with van der Waals surface area (Å²) >= 11 is 0. The van der Waals surface area contributed by atoms with Crippen LogP contribution in [0.15, 0.2) is 59.1 Å². The molecule has 0 spiro atoms. The van der Waals surface area contributed by atoms with E-state index in [0.29, 0.717) is 0 Å². The van der Waals surface area contributed by atoms with Crippen molar-refractivity contribution in [2.75, 3.05) is 0 Å². The average Bonchev–Trinajstić information content (AvgIpc) is 2.88. The van der Waals surface area contributed by atoms with Gasteiger partial charge in [0, 0.05) is 6.20 Å². The van der Waals surface area contributed by atoms with Crippen LogP contribution in [-0.2, 0) is 10.0 Å². The molecule has 0 atom stereocenters. The van der Waals surface area contributed by atoms with Crippen LogP contribution in [0.1, 0.15) is 29.9 Å². The quantitative estimate of drug-likeness (QED) is 0.644. The molecule has 1 aromatic carbocycles. The molecule has 0 N–H and O–H groups in total. The van der Waals surface area contributed by atoms with E-state index in [1.54, 1.807) is 44.2 Å². The van der Waals surface area contributed by atoms with E-state index in [2.05, 4.69) is 0 Å². The van der Waals surface area contributed by atoms with Crippen LogP contribution >= 0.6 is 0 Å². The maximum atomic E-state index is 12.6. The SMILES string of the molecule is CC(C)=CC(=O)c1cccn1S(=O)(=O)c1ccc(C)cc1. The minimum absolute atomic E-state index is 0.136. The van der Waals surface area contributed by atoms with Gasteiger partial charge in [-0.3, -0.25) is 4.79 Å². The van der Waals surface area contributed by atoms with Crippen LogP contribution in [-0.4, -0.2) is 18.2 Å². The lowest BCUT2D eigenvalue weighted by Gasteiger charge is -2.09. The second kappa shape index (κ2) is 5.69. The van der Waals surface area contributed by atoms with Crippen molar-refractivity contribution in [1.82, 2.24) is 3.97 Å². The smallest absolute Gasteiger partial charge is 0.268 e. The predicted molar refractivity (Wildman–Crippen MR) is 82.0 cm³/mol. The Bertz CT molecular complexity index is 792. The second-order valence-corrected chi connectivity index (χ2v) is 6.91. The van der Waals surface area contributed by atoms with Crippen molar-refractivity contribution in [3.8, 4) is 0 Å². The Balaban J connectivity index is 2.52. The first kappa shape index (κ1) is 15.3. The summed E-state index contributed by atoms with van der Waals surface area (Å²) in [5.41, 5.74) is 1.93. The summed E-state index contributed by atoms with van der Waals surface area (Å²) in [6.07, 6.45) is 2.82. The summed E-state index contributed by atoms with van der Waals surface area (Å²) in [6, 6.07) is 9.60. The first-order chi connectivity index (χ1) is 9.82. The van der Waals surface area contributed by atoms with Gasteiger partial charge in [-0.2, -0.15) is 0 Å². The van der Waals surface area contributed by atoms with Gasteiger partial charge in [0.15, 0.2) is 0 Å². The summed E-state index contributed by atoms with van der Waals surface area (Å²) in [7, 11) is -3.76. The number of benzene rings is 1. The van der Waals surface area contributed by atoms with Crippen LogP contribution in [0.4, 0.5) is 0 Å². The van der Waals surface area contributed by atoms with Gasteiger partial charge in [0.2, 0.25) is 5.78 Å². The monoisotopic (exact) mass is 303 g/mol. The van der Waals surface area contributed by atoms with Gasteiger partial charge in [-0.15, -0.1) is 0 Å². The number of hydrogen-bond donors (Lipinski definition) is 0. The fourth-order valence-electron chi connectivity index (χ4n) is 1.93. The van der Waals surface area contributed by atoms with Gasteiger partial charge in [-0.25, -0.2) is 12.4 Å². The Hall–Kier alpha value is -2.14. The number of carbonyl (C=O) groups excluding carboxylic acids is 1. The molecule has 110 valence electrons. The lowest BCUT2D eigenvalue weighted by Crippen LogP contribution is -2.17. The van der Waals surface area contributed by atoms with Crippen molar-refractivity contribution < 1.29 is 13.2 Å².